The first-order valence-corrected chi connectivity index (χ1v) is 9.68. The van der Waals surface area contributed by atoms with E-state index in [0.717, 1.165) is 0 Å². The Hall–Kier alpha value is -1.51. The van der Waals surface area contributed by atoms with Crippen molar-refractivity contribution in [3.63, 3.8) is 0 Å². The van der Waals surface area contributed by atoms with Gasteiger partial charge >= 0.3 is 5.97 Å². The van der Waals surface area contributed by atoms with E-state index in [0.29, 0.717) is 5.56 Å². The summed E-state index contributed by atoms with van der Waals surface area (Å²) in [6.45, 7) is 9.34. The summed E-state index contributed by atoms with van der Waals surface area (Å²) in [4.78, 5) is 12.8. The number of ether oxygens (including phenoxy) is 5. The van der Waals surface area contributed by atoms with E-state index in [2.05, 4.69) is 0 Å². The van der Waals surface area contributed by atoms with E-state index in [1.54, 1.807) is 52.0 Å². The molecule has 2 saturated heterocycles. The lowest BCUT2D eigenvalue weighted by molar-refractivity contribution is -0.220. The Morgan fingerprint density at radius 1 is 1.14 bits per heavy atom. The summed E-state index contributed by atoms with van der Waals surface area (Å²) >= 11 is 0. The number of hydrogen-bond donors (Lipinski definition) is 1. The normalized spacial score (nSPS) is 29.2. The topological polar surface area (TPSA) is 83.5 Å². The van der Waals surface area contributed by atoms with Crippen molar-refractivity contribution in [3.05, 3.63) is 35.9 Å². The van der Waals surface area contributed by atoms with Crippen LogP contribution in [0.15, 0.2) is 30.3 Å². The number of rotatable bonds is 6. The third-order valence-corrected chi connectivity index (χ3v) is 5.24. The van der Waals surface area contributed by atoms with E-state index in [-0.39, 0.29) is 19.6 Å². The molecule has 4 atom stereocenters. The molecule has 2 aliphatic heterocycles. The molecule has 1 N–H and O–H groups in total. The second kappa shape index (κ2) is 7.72. The number of carbonyl (C=O) groups excluding carboxylic acids is 1. The van der Waals surface area contributed by atoms with Gasteiger partial charge in [0.15, 0.2) is 17.7 Å². The fourth-order valence-corrected chi connectivity index (χ4v) is 3.67. The van der Waals surface area contributed by atoms with Crippen LogP contribution in [0.1, 0.15) is 51.4 Å². The number of esters is 1. The van der Waals surface area contributed by atoms with Gasteiger partial charge in [-0.15, -0.1) is 0 Å². The van der Waals surface area contributed by atoms with E-state index >= 15 is 0 Å². The van der Waals surface area contributed by atoms with Gasteiger partial charge in [0.05, 0.1) is 18.8 Å². The molecule has 0 radical (unpaired) electrons. The number of aliphatic hydroxyl groups is 1. The van der Waals surface area contributed by atoms with Gasteiger partial charge in [0.2, 0.25) is 0 Å². The zero-order chi connectivity index (χ0) is 20.6. The molecule has 28 heavy (non-hydrogen) atoms. The van der Waals surface area contributed by atoms with Crippen LogP contribution in [0.3, 0.4) is 0 Å². The standard InChI is InChI=1S/C21H30O7/c1-6-21(23,16-13-25-20(4,5)28-16)17(15-12-24-19(2,3)27-15)26-18(22)14-10-8-7-9-11-14/h7-11,15-17,23H,6,12-13H2,1-5H3/t15-,16-,17-,21+/m0/s1. The number of carbonyl (C=O) groups is 1. The molecule has 0 amide bonds. The maximum Gasteiger partial charge on any atom is 0.338 e. The van der Waals surface area contributed by atoms with E-state index in [9.17, 15) is 9.90 Å². The zero-order valence-electron chi connectivity index (χ0n) is 17.1. The maximum atomic E-state index is 12.8. The second-order valence-electron chi connectivity index (χ2n) is 8.22. The Morgan fingerprint density at radius 2 is 1.75 bits per heavy atom. The molecule has 7 heteroatoms. The molecule has 2 heterocycles. The van der Waals surface area contributed by atoms with Crippen molar-refractivity contribution in [1.29, 1.82) is 0 Å². The average molecular weight is 394 g/mol. The monoisotopic (exact) mass is 394 g/mol. The smallest absolute Gasteiger partial charge is 0.338 e. The van der Waals surface area contributed by atoms with Crippen LogP contribution in [0.5, 0.6) is 0 Å². The van der Waals surface area contributed by atoms with Gasteiger partial charge < -0.3 is 28.8 Å². The van der Waals surface area contributed by atoms with Crippen molar-refractivity contribution in [1.82, 2.24) is 0 Å². The van der Waals surface area contributed by atoms with Crippen molar-refractivity contribution in [2.75, 3.05) is 13.2 Å². The van der Waals surface area contributed by atoms with Crippen LogP contribution in [0.2, 0.25) is 0 Å². The lowest BCUT2D eigenvalue weighted by atomic mass is 9.84. The van der Waals surface area contributed by atoms with Crippen molar-refractivity contribution >= 4 is 5.97 Å². The van der Waals surface area contributed by atoms with Crippen LogP contribution in [-0.4, -0.2) is 59.8 Å². The molecule has 0 saturated carbocycles. The highest BCUT2D eigenvalue weighted by molar-refractivity contribution is 5.89. The molecule has 0 spiro atoms. The van der Waals surface area contributed by atoms with Gasteiger partial charge in [-0.3, -0.25) is 0 Å². The second-order valence-corrected chi connectivity index (χ2v) is 8.22. The molecule has 0 aromatic heterocycles. The Kier molecular flexibility index (Phi) is 5.85. The minimum atomic E-state index is -1.51. The Labute approximate surface area is 165 Å². The van der Waals surface area contributed by atoms with Gasteiger partial charge in [-0.2, -0.15) is 0 Å². The molecule has 2 fully saturated rings. The van der Waals surface area contributed by atoms with Crippen LogP contribution < -0.4 is 0 Å². The molecule has 0 unspecified atom stereocenters. The molecular formula is C21H30O7. The summed E-state index contributed by atoms with van der Waals surface area (Å²) in [6, 6.07) is 8.66. The minimum absolute atomic E-state index is 0.188. The van der Waals surface area contributed by atoms with Gasteiger partial charge in [0, 0.05) is 0 Å². The van der Waals surface area contributed by atoms with Gasteiger partial charge in [-0.1, -0.05) is 25.1 Å². The third-order valence-electron chi connectivity index (χ3n) is 5.24. The van der Waals surface area contributed by atoms with Crippen molar-refractivity contribution in [2.24, 2.45) is 0 Å². The third kappa shape index (κ3) is 4.39. The van der Waals surface area contributed by atoms with Gasteiger partial charge in [-0.25, -0.2) is 4.79 Å². The molecule has 0 bridgehead atoms. The Morgan fingerprint density at radius 3 is 2.25 bits per heavy atom. The highest BCUT2D eigenvalue weighted by Crippen LogP contribution is 2.38. The predicted octanol–water partition coefficient (Wildman–Crippen LogP) is 2.66. The zero-order valence-corrected chi connectivity index (χ0v) is 17.1. The number of benzene rings is 1. The molecule has 1 aromatic rings. The largest absolute Gasteiger partial charge is 0.453 e. The average Bonchev–Trinajstić information content (AvgIpc) is 3.21. The molecular weight excluding hydrogens is 364 g/mol. The first-order chi connectivity index (χ1) is 13.1. The minimum Gasteiger partial charge on any atom is -0.453 e. The summed E-state index contributed by atoms with van der Waals surface area (Å²) in [5.74, 6) is -2.19. The van der Waals surface area contributed by atoms with E-state index in [1.165, 1.54) is 0 Å². The lowest BCUT2D eigenvalue weighted by Gasteiger charge is -2.40. The van der Waals surface area contributed by atoms with E-state index < -0.39 is 41.5 Å². The number of hydrogen-bond acceptors (Lipinski definition) is 7. The van der Waals surface area contributed by atoms with Crippen molar-refractivity contribution in [3.8, 4) is 0 Å². The SMILES string of the molecule is CC[C@@](O)([C@@H]1COC(C)(C)O1)[C@@H](OC(=O)c1ccccc1)[C@@H]1COC(C)(C)O1. The molecule has 1 aromatic carbocycles. The summed E-state index contributed by atoms with van der Waals surface area (Å²) in [7, 11) is 0. The van der Waals surface area contributed by atoms with Gasteiger partial charge in [0.25, 0.3) is 0 Å². The van der Waals surface area contributed by atoms with Gasteiger partial charge in [-0.05, 0) is 46.2 Å². The Balaban J connectivity index is 1.89. The Bertz CT molecular complexity index is 687. The summed E-state index contributed by atoms with van der Waals surface area (Å²) in [5.41, 5.74) is -1.11. The quantitative estimate of drug-likeness (QED) is 0.743. The summed E-state index contributed by atoms with van der Waals surface area (Å²) < 4.78 is 29.0. The fourth-order valence-electron chi connectivity index (χ4n) is 3.67. The molecule has 3 rings (SSSR count). The first kappa shape index (κ1) is 21.2. The first-order valence-electron chi connectivity index (χ1n) is 9.68. The maximum absolute atomic E-state index is 12.8. The lowest BCUT2D eigenvalue weighted by Crippen LogP contribution is -2.60. The van der Waals surface area contributed by atoms with Crippen molar-refractivity contribution < 1.29 is 33.6 Å². The highest BCUT2D eigenvalue weighted by atomic mass is 16.8. The predicted molar refractivity (Wildman–Crippen MR) is 101 cm³/mol. The molecule has 7 nitrogen and oxygen atoms in total. The van der Waals surface area contributed by atoms with E-state index in [4.69, 9.17) is 23.7 Å². The van der Waals surface area contributed by atoms with Crippen LogP contribution in [-0.2, 0) is 23.7 Å². The van der Waals surface area contributed by atoms with Crippen LogP contribution in [0.25, 0.3) is 0 Å². The summed E-state index contributed by atoms with van der Waals surface area (Å²) in [6.07, 6.45) is -2.02. The van der Waals surface area contributed by atoms with Crippen LogP contribution >= 0.6 is 0 Å². The molecule has 2 aliphatic rings. The highest BCUT2D eigenvalue weighted by Gasteiger charge is 2.56. The van der Waals surface area contributed by atoms with E-state index in [1.807, 2.05) is 13.0 Å². The fraction of sp³-hybridized carbons (Fsp3) is 0.667. The molecule has 0 aliphatic carbocycles. The molecule has 156 valence electrons. The van der Waals surface area contributed by atoms with Crippen LogP contribution in [0.4, 0.5) is 0 Å². The van der Waals surface area contributed by atoms with Gasteiger partial charge in [0.1, 0.15) is 17.8 Å². The summed E-state index contributed by atoms with van der Waals surface area (Å²) in [5, 5.41) is 11.6. The van der Waals surface area contributed by atoms with Crippen molar-refractivity contribution in [2.45, 2.75) is 76.5 Å². The van der Waals surface area contributed by atoms with Crippen LogP contribution in [0, 0.1) is 0 Å².